The molecule has 1 aromatic heterocycles. The van der Waals surface area contributed by atoms with Crippen LogP contribution in [-0.2, 0) is 6.42 Å². The summed E-state index contributed by atoms with van der Waals surface area (Å²) in [5.41, 5.74) is 2.14. The maximum atomic E-state index is 3.76. The van der Waals surface area contributed by atoms with Gasteiger partial charge in [-0.05, 0) is 59.9 Å². The average molecular weight is 271 g/mol. The van der Waals surface area contributed by atoms with Crippen LogP contribution in [0.1, 0.15) is 37.7 Å². The van der Waals surface area contributed by atoms with Gasteiger partial charge in [-0.25, -0.2) is 0 Å². The summed E-state index contributed by atoms with van der Waals surface area (Å²) in [6.07, 6.45) is 8.33. The molecule has 1 heterocycles. The SMILES string of the molecule is c1ccc2c(CC3(CNC4CC4)CCC3)csc2c1. The van der Waals surface area contributed by atoms with Crippen LogP contribution in [0.3, 0.4) is 0 Å². The largest absolute Gasteiger partial charge is 0.313 e. The van der Waals surface area contributed by atoms with Crippen LogP contribution in [-0.4, -0.2) is 12.6 Å². The molecular formula is C17H21NS. The normalized spacial score (nSPS) is 21.5. The zero-order chi connectivity index (χ0) is 12.7. The van der Waals surface area contributed by atoms with Crippen LogP contribution in [0.25, 0.3) is 10.1 Å². The standard InChI is InChI=1S/C17H21NS/c1-2-5-16-15(4-1)13(11-19-16)10-17(8-3-9-17)12-18-14-6-7-14/h1-2,4-5,11,14,18H,3,6-10,12H2. The van der Waals surface area contributed by atoms with E-state index in [9.17, 15) is 0 Å². The molecule has 0 aliphatic heterocycles. The molecule has 0 bridgehead atoms. The third-order valence-corrected chi connectivity index (χ3v) is 5.90. The van der Waals surface area contributed by atoms with Crippen molar-refractivity contribution in [2.45, 2.75) is 44.6 Å². The van der Waals surface area contributed by atoms with Gasteiger partial charge in [0.15, 0.2) is 0 Å². The topological polar surface area (TPSA) is 12.0 Å². The Hall–Kier alpha value is -0.860. The molecule has 4 rings (SSSR count). The Bertz CT molecular complexity index is 578. The lowest BCUT2D eigenvalue weighted by atomic mass is 9.65. The Morgan fingerprint density at radius 1 is 1.21 bits per heavy atom. The van der Waals surface area contributed by atoms with Crippen LogP contribution >= 0.6 is 11.3 Å². The highest BCUT2D eigenvalue weighted by atomic mass is 32.1. The molecule has 0 saturated heterocycles. The second kappa shape index (κ2) is 4.60. The van der Waals surface area contributed by atoms with Gasteiger partial charge < -0.3 is 5.32 Å². The highest BCUT2D eigenvalue weighted by molar-refractivity contribution is 7.17. The number of hydrogen-bond acceptors (Lipinski definition) is 2. The van der Waals surface area contributed by atoms with Gasteiger partial charge in [-0.3, -0.25) is 0 Å². The molecule has 0 spiro atoms. The fourth-order valence-corrected chi connectivity index (χ4v) is 4.28. The van der Waals surface area contributed by atoms with E-state index >= 15 is 0 Å². The summed E-state index contributed by atoms with van der Waals surface area (Å²) >= 11 is 1.91. The fourth-order valence-electron chi connectivity index (χ4n) is 3.31. The molecule has 2 heteroatoms. The molecule has 19 heavy (non-hydrogen) atoms. The number of nitrogens with one attached hydrogen (secondary N) is 1. The van der Waals surface area contributed by atoms with Crippen molar-refractivity contribution in [3.8, 4) is 0 Å². The van der Waals surface area contributed by atoms with E-state index in [0.717, 1.165) is 6.04 Å². The number of benzene rings is 1. The zero-order valence-corrected chi connectivity index (χ0v) is 12.1. The first kappa shape index (κ1) is 11.9. The van der Waals surface area contributed by atoms with Gasteiger partial charge in [0, 0.05) is 17.3 Å². The molecule has 2 saturated carbocycles. The van der Waals surface area contributed by atoms with Crippen molar-refractivity contribution in [3.63, 3.8) is 0 Å². The lowest BCUT2D eigenvalue weighted by Gasteiger charge is -2.42. The Kier molecular flexibility index (Phi) is 2.89. The molecule has 2 fully saturated rings. The van der Waals surface area contributed by atoms with E-state index in [4.69, 9.17) is 0 Å². The fraction of sp³-hybridized carbons (Fsp3) is 0.529. The second-order valence-electron chi connectivity index (χ2n) is 6.44. The molecule has 100 valence electrons. The minimum absolute atomic E-state index is 0.562. The van der Waals surface area contributed by atoms with E-state index in [-0.39, 0.29) is 0 Å². The van der Waals surface area contributed by atoms with E-state index in [0.29, 0.717) is 5.41 Å². The van der Waals surface area contributed by atoms with E-state index in [1.807, 2.05) is 11.3 Å². The molecule has 2 aliphatic carbocycles. The maximum absolute atomic E-state index is 3.76. The van der Waals surface area contributed by atoms with Crippen LogP contribution in [0.2, 0.25) is 0 Å². The number of rotatable bonds is 5. The minimum Gasteiger partial charge on any atom is -0.313 e. The van der Waals surface area contributed by atoms with Gasteiger partial charge in [-0.2, -0.15) is 0 Å². The number of thiophene rings is 1. The van der Waals surface area contributed by atoms with Crippen molar-refractivity contribution in [1.82, 2.24) is 5.32 Å². The van der Waals surface area contributed by atoms with Gasteiger partial charge in [0.25, 0.3) is 0 Å². The lowest BCUT2D eigenvalue weighted by molar-refractivity contribution is 0.130. The number of hydrogen-bond donors (Lipinski definition) is 1. The molecule has 0 atom stereocenters. The predicted molar refractivity (Wildman–Crippen MR) is 82.8 cm³/mol. The smallest absolute Gasteiger partial charge is 0.0345 e. The molecule has 0 unspecified atom stereocenters. The van der Waals surface area contributed by atoms with E-state index in [2.05, 4.69) is 35.0 Å². The third-order valence-electron chi connectivity index (χ3n) is 4.88. The van der Waals surface area contributed by atoms with E-state index in [1.165, 1.54) is 55.2 Å². The monoisotopic (exact) mass is 271 g/mol. The maximum Gasteiger partial charge on any atom is 0.0345 e. The van der Waals surface area contributed by atoms with Crippen molar-refractivity contribution >= 4 is 21.4 Å². The van der Waals surface area contributed by atoms with Gasteiger partial charge in [0.1, 0.15) is 0 Å². The summed E-state index contributed by atoms with van der Waals surface area (Å²) < 4.78 is 1.45. The van der Waals surface area contributed by atoms with Gasteiger partial charge in [0.2, 0.25) is 0 Å². The predicted octanol–water partition coefficient (Wildman–Crippen LogP) is 4.37. The second-order valence-corrected chi connectivity index (χ2v) is 7.35. The Morgan fingerprint density at radius 3 is 2.79 bits per heavy atom. The Labute approximate surface area is 119 Å². The van der Waals surface area contributed by atoms with Crippen molar-refractivity contribution in [1.29, 1.82) is 0 Å². The third kappa shape index (κ3) is 2.32. The van der Waals surface area contributed by atoms with Crippen LogP contribution in [0, 0.1) is 5.41 Å². The lowest BCUT2D eigenvalue weighted by Crippen LogP contribution is -2.42. The first-order valence-corrected chi connectivity index (χ1v) is 8.41. The van der Waals surface area contributed by atoms with Crippen molar-refractivity contribution in [2.75, 3.05) is 6.54 Å². The highest BCUT2D eigenvalue weighted by Gasteiger charge is 2.38. The Morgan fingerprint density at radius 2 is 2.05 bits per heavy atom. The molecular weight excluding hydrogens is 250 g/mol. The molecule has 2 aliphatic rings. The Balaban J connectivity index is 1.54. The van der Waals surface area contributed by atoms with Gasteiger partial charge in [0.05, 0.1) is 0 Å². The van der Waals surface area contributed by atoms with Crippen molar-refractivity contribution in [3.05, 3.63) is 35.2 Å². The van der Waals surface area contributed by atoms with Crippen molar-refractivity contribution < 1.29 is 0 Å². The van der Waals surface area contributed by atoms with Crippen LogP contribution in [0.4, 0.5) is 0 Å². The molecule has 1 aromatic carbocycles. The van der Waals surface area contributed by atoms with Gasteiger partial charge in [-0.1, -0.05) is 24.6 Å². The van der Waals surface area contributed by atoms with Crippen LogP contribution in [0.15, 0.2) is 29.6 Å². The molecule has 0 radical (unpaired) electrons. The summed E-state index contributed by atoms with van der Waals surface area (Å²) in [6, 6.07) is 9.71. The highest BCUT2D eigenvalue weighted by Crippen LogP contribution is 2.45. The van der Waals surface area contributed by atoms with E-state index in [1.54, 1.807) is 5.56 Å². The van der Waals surface area contributed by atoms with Gasteiger partial charge in [-0.15, -0.1) is 11.3 Å². The molecule has 1 nitrogen and oxygen atoms in total. The van der Waals surface area contributed by atoms with Crippen LogP contribution < -0.4 is 5.32 Å². The first-order chi connectivity index (χ1) is 9.35. The summed E-state index contributed by atoms with van der Waals surface area (Å²) in [5, 5.41) is 7.64. The van der Waals surface area contributed by atoms with Crippen molar-refractivity contribution in [2.24, 2.45) is 5.41 Å². The van der Waals surface area contributed by atoms with E-state index < -0.39 is 0 Å². The summed E-state index contributed by atoms with van der Waals surface area (Å²) in [4.78, 5) is 0. The van der Waals surface area contributed by atoms with Gasteiger partial charge >= 0.3 is 0 Å². The first-order valence-electron chi connectivity index (χ1n) is 7.53. The zero-order valence-electron chi connectivity index (χ0n) is 11.3. The molecule has 0 amide bonds. The van der Waals surface area contributed by atoms with Crippen LogP contribution in [0.5, 0.6) is 0 Å². The summed E-state index contributed by atoms with van der Waals surface area (Å²) in [6.45, 7) is 1.24. The molecule has 1 N–H and O–H groups in total. The summed E-state index contributed by atoms with van der Waals surface area (Å²) in [7, 11) is 0. The molecule has 2 aromatic rings. The number of fused-ring (bicyclic) bond motifs is 1. The summed E-state index contributed by atoms with van der Waals surface area (Å²) in [5.74, 6) is 0. The minimum atomic E-state index is 0.562. The average Bonchev–Trinajstić information content (AvgIpc) is 3.14. The quantitative estimate of drug-likeness (QED) is 0.851.